The molecule has 6 nitrogen and oxygen atoms in total. The molecule has 0 bridgehead atoms. The van der Waals surface area contributed by atoms with Crippen molar-refractivity contribution in [2.75, 3.05) is 0 Å². The van der Waals surface area contributed by atoms with E-state index in [0.29, 0.717) is 16.3 Å². The zero-order valence-corrected chi connectivity index (χ0v) is 14.4. The lowest BCUT2D eigenvalue weighted by molar-refractivity contribution is 0.0950. The van der Waals surface area contributed by atoms with Gasteiger partial charge in [-0.05, 0) is 29.8 Å². The second-order valence-electron chi connectivity index (χ2n) is 5.43. The summed E-state index contributed by atoms with van der Waals surface area (Å²) < 4.78 is 24.5. The lowest BCUT2D eigenvalue weighted by atomic mass is 10.2. The van der Waals surface area contributed by atoms with Crippen molar-refractivity contribution < 1.29 is 13.4 Å². The summed E-state index contributed by atoms with van der Waals surface area (Å²) in [6.45, 7) is 0.246. The lowest BCUT2D eigenvalue weighted by Crippen LogP contribution is -2.23. The monoisotopic (exact) mass is 370 g/mol. The van der Waals surface area contributed by atoms with E-state index in [1.54, 1.807) is 36.4 Å². The molecule has 0 spiro atoms. The number of amides is 1. The minimum atomic E-state index is -1.57. The number of rotatable bonds is 5. The van der Waals surface area contributed by atoms with Gasteiger partial charge in [0.1, 0.15) is 16.8 Å². The van der Waals surface area contributed by atoms with Crippen LogP contribution < -0.4 is 10.5 Å². The second kappa shape index (κ2) is 7.94. The molecule has 1 aromatic heterocycles. The summed E-state index contributed by atoms with van der Waals surface area (Å²) in [6.07, 6.45) is 2.77. The molecule has 132 valence electrons. The van der Waals surface area contributed by atoms with Crippen LogP contribution in [-0.2, 0) is 17.5 Å². The van der Waals surface area contributed by atoms with E-state index in [1.165, 1.54) is 24.5 Å². The van der Waals surface area contributed by atoms with Gasteiger partial charge < -0.3 is 5.32 Å². The van der Waals surface area contributed by atoms with E-state index < -0.39 is 11.0 Å². The zero-order valence-electron chi connectivity index (χ0n) is 13.6. The van der Waals surface area contributed by atoms with Crippen molar-refractivity contribution in [1.82, 2.24) is 15.3 Å². The van der Waals surface area contributed by atoms with Gasteiger partial charge in [0.2, 0.25) is 0 Å². The summed E-state index contributed by atoms with van der Waals surface area (Å²) >= 11 is 0. The average molecular weight is 370 g/mol. The Morgan fingerprint density at radius 1 is 1.12 bits per heavy atom. The molecule has 0 saturated heterocycles. The summed E-state index contributed by atoms with van der Waals surface area (Å²) in [6, 6.07) is 12.7. The smallest absolute Gasteiger partial charge is 0.254 e. The van der Waals surface area contributed by atoms with E-state index in [1.807, 2.05) is 0 Å². The van der Waals surface area contributed by atoms with Crippen LogP contribution in [0.25, 0.3) is 11.4 Å². The van der Waals surface area contributed by atoms with E-state index in [9.17, 15) is 13.4 Å². The van der Waals surface area contributed by atoms with E-state index >= 15 is 0 Å². The van der Waals surface area contributed by atoms with Crippen LogP contribution in [0.15, 0.2) is 65.8 Å². The van der Waals surface area contributed by atoms with Crippen molar-refractivity contribution in [3.8, 4) is 11.4 Å². The molecule has 0 fully saturated rings. The average Bonchev–Trinajstić information content (AvgIpc) is 2.66. The fourth-order valence-corrected chi connectivity index (χ4v) is 2.77. The number of hydrogen-bond donors (Lipinski definition) is 2. The molecule has 0 aliphatic carbocycles. The molecule has 1 unspecified atom stereocenters. The van der Waals surface area contributed by atoms with Crippen LogP contribution in [0.4, 0.5) is 4.39 Å². The topological polar surface area (TPSA) is 98.0 Å². The Labute approximate surface area is 151 Å². The van der Waals surface area contributed by atoms with E-state index in [-0.39, 0.29) is 23.8 Å². The third kappa shape index (κ3) is 4.35. The quantitative estimate of drug-likeness (QED) is 0.719. The molecule has 3 rings (SSSR count). The SMILES string of the molecule is NS(=O)c1cccc(CNC(=O)c2cnc(-c3cccc(F)c3)nc2)c1. The van der Waals surface area contributed by atoms with Gasteiger partial charge in [0.15, 0.2) is 5.82 Å². The maximum absolute atomic E-state index is 13.3. The van der Waals surface area contributed by atoms with Crippen LogP contribution in [0.3, 0.4) is 0 Å². The summed E-state index contributed by atoms with van der Waals surface area (Å²) in [4.78, 5) is 20.9. The molecule has 0 aliphatic heterocycles. The van der Waals surface area contributed by atoms with Gasteiger partial charge >= 0.3 is 0 Å². The highest BCUT2D eigenvalue weighted by atomic mass is 32.2. The first kappa shape index (κ1) is 17.8. The van der Waals surface area contributed by atoms with Gasteiger partial charge in [-0.1, -0.05) is 24.3 Å². The molecule has 1 heterocycles. The van der Waals surface area contributed by atoms with Crippen LogP contribution in [0, 0.1) is 5.82 Å². The number of nitrogens with one attached hydrogen (secondary N) is 1. The Morgan fingerprint density at radius 3 is 2.54 bits per heavy atom. The maximum atomic E-state index is 13.3. The molecule has 26 heavy (non-hydrogen) atoms. The van der Waals surface area contributed by atoms with Crippen molar-refractivity contribution in [2.45, 2.75) is 11.4 Å². The van der Waals surface area contributed by atoms with Crippen LogP contribution in [0.2, 0.25) is 0 Å². The van der Waals surface area contributed by atoms with Crippen LogP contribution in [0.1, 0.15) is 15.9 Å². The fraction of sp³-hybridized carbons (Fsp3) is 0.0556. The minimum absolute atomic E-state index is 0.246. The van der Waals surface area contributed by atoms with Crippen molar-refractivity contribution in [2.24, 2.45) is 5.14 Å². The van der Waals surface area contributed by atoms with Gasteiger partial charge in [-0.15, -0.1) is 0 Å². The molecule has 3 aromatic rings. The fourth-order valence-electron chi connectivity index (χ4n) is 2.29. The standard InChI is InChI=1S/C18H15FN4O2S/c19-15-5-2-4-13(8-15)17-21-10-14(11-22-17)18(24)23-9-12-3-1-6-16(7-12)26(20)25/h1-8,10-11H,9,20H2,(H,23,24). The van der Waals surface area contributed by atoms with Gasteiger partial charge in [0.25, 0.3) is 5.91 Å². The summed E-state index contributed by atoms with van der Waals surface area (Å²) in [7, 11) is -1.57. The lowest BCUT2D eigenvalue weighted by Gasteiger charge is -2.07. The summed E-state index contributed by atoms with van der Waals surface area (Å²) in [5.41, 5.74) is 1.58. The number of carbonyl (C=O) groups is 1. The van der Waals surface area contributed by atoms with Gasteiger partial charge in [0.05, 0.1) is 10.5 Å². The Hall–Kier alpha value is -2.97. The van der Waals surface area contributed by atoms with Crippen molar-refractivity contribution in [3.05, 3.63) is 77.9 Å². The highest BCUT2D eigenvalue weighted by Gasteiger charge is 2.09. The van der Waals surface area contributed by atoms with Gasteiger partial charge in [0, 0.05) is 24.5 Å². The van der Waals surface area contributed by atoms with Crippen LogP contribution >= 0.6 is 0 Å². The number of hydrogen-bond acceptors (Lipinski definition) is 4. The number of nitrogens with zero attached hydrogens (tertiary/aromatic N) is 2. The Balaban J connectivity index is 1.67. The number of benzene rings is 2. The highest BCUT2D eigenvalue weighted by Crippen LogP contribution is 2.15. The van der Waals surface area contributed by atoms with E-state index in [0.717, 1.165) is 5.56 Å². The number of aromatic nitrogens is 2. The zero-order chi connectivity index (χ0) is 18.5. The molecular weight excluding hydrogens is 355 g/mol. The van der Waals surface area contributed by atoms with Crippen LogP contribution in [0.5, 0.6) is 0 Å². The first-order valence-corrected chi connectivity index (χ1v) is 8.85. The normalized spacial score (nSPS) is 11.8. The highest BCUT2D eigenvalue weighted by molar-refractivity contribution is 7.82. The predicted octanol–water partition coefficient (Wildman–Crippen LogP) is 2.19. The molecule has 1 atom stereocenters. The number of carbonyl (C=O) groups excluding carboxylic acids is 1. The van der Waals surface area contributed by atoms with Crippen LogP contribution in [-0.4, -0.2) is 20.1 Å². The second-order valence-corrected chi connectivity index (χ2v) is 6.50. The third-order valence-corrected chi connectivity index (χ3v) is 4.30. The third-order valence-electron chi connectivity index (χ3n) is 3.58. The predicted molar refractivity (Wildman–Crippen MR) is 95.6 cm³/mol. The largest absolute Gasteiger partial charge is 0.348 e. The first-order valence-electron chi connectivity index (χ1n) is 7.64. The molecule has 0 saturated carbocycles. The van der Waals surface area contributed by atoms with E-state index in [2.05, 4.69) is 15.3 Å². The molecule has 3 N–H and O–H groups in total. The minimum Gasteiger partial charge on any atom is -0.348 e. The number of halogens is 1. The summed E-state index contributed by atoms with van der Waals surface area (Å²) in [5, 5.41) is 8.08. The van der Waals surface area contributed by atoms with Gasteiger partial charge in [-0.25, -0.2) is 23.7 Å². The Kier molecular flexibility index (Phi) is 5.45. The maximum Gasteiger partial charge on any atom is 0.254 e. The molecule has 1 amide bonds. The van der Waals surface area contributed by atoms with Crippen molar-refractivity contribution >= 4 is 16.9 Å². The molecular formula is C18H15FN4O2S. The van der Waals surface area contributed by atoms with Gasteiger partial charge in [-0.2, -0.15) is 0 Å². The molecule has 0 aliphatic rings. The number of nitrogens with two attached hydrogens (primary N) is 1. The van der Waals surface area contributed by atoms with Gasteiger partial charge in [-0.3, -0.25) is 4.79 Å². The first-order chi connectivity index (χ1) is 12.5. The molecule has 2 aromatic carbocycles. The molecule has 0 radical (unpaired) electrons. The summed E-state index contributed by atoms with van der Waals surface area (Å²) in [5.74, 6) is -0.400. The Morgan fingerprint density at radius 2 is 1.85 bits per heavy atom. The van der Waals surface area contributed by atoms with Crippen molar-refractivity contribution in [1.29, 1.82) is 0 Å². The molecule has 8 heteroatoms. The van der Waals surface area contributed by atoms with E-state index in [4.69, 9.17) is 5.14 Å². The Bertz CT molecular complexity index is 963. The van der Waals surface area contributed by atoms with Crippen molar-refractivity contribution in [3.63, 3.8) is 0 Å².